The van der Waals surface area contributed by atoms with Crippen molar-refractivity contribution in [3.05, 3.63) is 65.5 Å². The second-order valence-electron chi connectivity index (χ2n) is 8.51. The number of ether oxygens (including phenoxy) is 1. The van der Waals surface area contributed by atoms with E-state index in [1.165, 1.54) is 0 Å². The summed E-state index contributed by atoms with van der Waals surface area (Å²) in [5.74, 6) is 0.863. The standard InChI is InChI=1S/C26H32N4O3/c1-20-6-8-21(9-7-20)24(31)10-11-26(32)27-13-12-25-28-22-4-2-3-5-23(22)30(25)15-14-29-16-18-33-19-17-29/h2-9H,10-19H2,1H3,(H,27,32). The van der Waals surface area contributed by atoms with Crippen LogP contribution in [0.5, 0.6) is 0 Å². The second kappa shape index (κ2) is 11.2. The summed E-state index contributed by atoms with van der Waals surface area (Å²) in [6, 6.07) is 15.6. The number of nitrogens with zero attached hydrogens (tertiary/aromatic N) is 3. The fraction of sp³-hybridized carbons (Fsp3) is 0.423. The van der Waals surface area contributed by atoms with Gasteiger partial charge in [0.1, 0.15) is 5.82 Å². The van der Waals surface area contributed by atoms with E-state index in [0.717, 1.165) is 61.8 Å². The molecule has 0 atom stereocenters. The Morgan fingerprint density at radius 3 is 2.55 bits per heavy atom. The molecule has 2 aromatic carbocycles. The number of rotatable bonds is 10. The highest BCUT2D eigenvalue weighted by Crippen LogP contribution is 2.17. The molecule has 0 radical (unpaired) electrons. The van der Waals surface area contributed by atoms with Crippen molar-refractivity contribution in [2.45, 2.75) is 32.7 Å². The number of Topliss-reactive ketones (excluding diaryl/α,β-unsaturated/α-hetero) is 1. The molecule has 4 rings (SSSR count). The van der Waals surface area contributed by atoms with Gasteiger partial charge in [-0.05, 0) is 19.1 Å². The number of ketones is 1. The zero-order valence-electron chi connectivity index (χ0n) is 19.3. The average Bonchev–Trinajstić information content (AvgIpc) is 3.19. The zero-order valence-corrected chi connectivity index (χ0v) is 19.3. The molecule has 1 N–H and O–H groups in total. The number of imidazole rings is 1. The predicted octanol–water partition coefficient (Wildman–Crippen LogP) is 3.00. The number of nitrogens with one attached hydrogen (secondary N) is 1. The number of hydrogen-bond donors (Lipinski definition) is 1. The van der Waals surface area contributed by atoms with E-state index in [-0.39, 0.29) is 24.5 Å². The summed E-state index contributed by atoms with van der Waals surface area (Å²) < 4.78 is 7.71. The van der Waals surface area contributed by atoms with Crippen LogP contribution >= 0.6 is 0 Å². The molecule has 0 spiro atoms. The van der Waals surface area contributed by atoms with Crippen LogP contribution in [0, 0.1) is 6.92 Å². The summed E-state index contributed by atoms with van der Waals surface area (Å²) in [5.41, 5.74) is 3.86. The molecule has 7 heteroatoms. The third-order valence-corrected chi connectivity index (χ3v) is 6.10. The number of carbonyl (C=O) groups excluding carboxylic acids is 2. The molecule has 3 aromatic rings. The number of para-hydroxylation sites is 2. The first-order chi connectivity index (χ1) is 16.1. The highest BCUT2D eigenvalue weighted by atomic mass is 16.5. The minimum Gasteiger partial charge on any atom is -0.379 e. The molecule has 33 heavy (non-hydrogen) atoms. The van der Waals surface area contributed by atoms with Crippen molar-refractivity contribution < 1.29 is 14.3 Å². The summed E-state index contributed by atoms with van der Waals surface area (Å²) in [4.78, 5) is 31.8. The van der Waals surface area contributed by atoms with Crippen LogP contribution in [0.4, 0.5) is 0 Å². The number of aromatic nitrogens is 2. The molecule has 0 bridgehead atoms. The minimum atomic E-state index is -0.105. The van der Waals surface area contributed by atoms with Gasteiger partial charge >= 0.3 is 0 Å². The molecule has 1 fully saturated rings. The zero-order chi connectivity index (χ0) is 23.0. The maximum absolute atomic E-state index is 12.3. The first-order valence-electron chi connectivity index (χ1n) is 11.7. The van der Waals surface area contributed by atoms with Gasteiger partial charge in [0, 0.05) is 57.5 Å². The number of hydrogen-bond acceptors (Lipinski definition) is 5. The number of fused-ring (bicyclic) bond motifs is 1. The summed E-state index contributed by atoms with van der Waals surface area (Å²) in [5, 5.41) is 2.95. The van der Waals surface area contributed by atoms with Gasteiger partial charge in [-0.2, -0.15) is 0 Å². The van der Waals surface area contributed by atoms with Crippen molar-refractivity contribution in [1.29, 1.82) is 0 Å². The van der Waals surface area contributed by atoms with Crippen LogP contribution < -0.4 is 5.32 Å². The van der Waals surface area contributed by atoms with Crippen LogP contribution in [0.2, 0.25) is 0 Å². The number of morpholine rings is 1. The number of aryl methyl sites for hydroxylation is 1. The van der Waals surface area contributed by atoms with Gasteiger partial charge in [-0.1, -0.05) is 42.0 Å². The molecular formula is C26H32N4O3. The van der Waals surface area contributed by atoms with E-state index in [9.17, 15) is 9.59 Å². The molecule has 1 amide bonds. The third-order valence-electron chi connectivity index (χ3n) is 6.10. The van der Waals surface area contributed by atoms with E-state index >= 15 is 0 Å². The number of carbonyl (C=O) groups is 2. The van der Waals surface area contributed by atoms with Crippen molar-refractivity contribution in [3.63, 3.8) is 0 Å². The topological polar surface area (TPSA) is 76.5 Å². The molecule has 1 aliphatic rings. The molecule has 1 aliphatic heterocycles. The van der Waals surface area contributed by atoms with Crippen LogP contribution in [0.3, 0.4) is 0 Å². The normalized spacial score (nSPS) is 14.5. The largest absolute Gasteiger partial charge is 0.379 e. The van der Waals surface area contributed by atoms with Crippen LogP contribution in [0.25, 0.3) is 11.0 Å². The summed E-state index contributed by atoms with van der Waals surface area (Å²) in [6.07, 6.45) is 1.06. The Hall–Kier alpha value is -3.03. The maximum Gasteiger partial charge on any atom is 0.220 e. The number of amides is 1. The Morgan fingerprint density at radius 1 is 1.00 bits per heavy atom. The van der Waals surface area contributed by atoms with Crippen molar-refractivity contribution in [3.8, 4) is 0 Å². The Bertz CT molecular complexity index is 1080. The fourth-order valence-corrected chi connectivity index (χ4v) is 4.14. The molecule has 0 aliphatic carbocycles. The minimum absolute atomic E-state index is 0.00458. The van der Waals surface area contributed by atoms with Gasteiger partial charge in [0.05, 0.1) is 24.2 Å². The molecule has 0 saturated carbocycles. The van der Waals surface area contributed by atoms with Gasteiger partial charge in [0.2, 0.25) is 5.91 Å². The molecule has 1 saturated heterocycles. The van der Waals surface area contributed by atoms with Crippen LogP contribution in [-0.4, -0.2) is 65.5 Å². The van der Waals surface area contributed by atoms with Crippen molar-refractivity contribution in [1.82, 2.24) is 19.8 Å². The first-order valence-corrected chi connectivity index (χ1v) is 11.7. The van der Waals surface area contributed by atoms with Gasteiger partial charge in [-0.3, -0.25) is 14.5 Å². The maximum atomic E-state index is 12.3. The van der Waals surface area contributed by atoms with Crippen LogP contribution in [0.15, 0.2) is 48.5 Å². The van der Waals surface area contributed by atoms with E-state index in [1.807, 2.05) is 49.4 Å². The lowest BCUT2D eigenvalue weighted by atomic mass is 10.1. The molecule has 2 heterocycles. The Balaban J connectivity index is 1.29. The van der Waals surface area contributed by atoms with Crippen LogP contribution in [-0.2, 0) is 22.5 Å². The van der Waals surface area contributed by atoms with Gasteiger partial charge in [0.15, 0.2) is 5.78 Å². The summed E-state index contributed by atoms with van der Waals surface area (Å²) in [6.45, 7) is 7.78. The Kier molecular flexibility index (Phi) is 7.86. The average molecular weight is 449 g/mol. The first kappa shape index (κ1) is 23.1. The lowest BCUT2D eigenvalue weighted by Crippen LogP contribution is -2.38. The molecule has 174 valence electrons. The molecule has 0 unspecified atom stereocenters. The quantitative estimate of drug-likeness (QED) is 0.483. The Morgan fingerprint density at radius 2 is 1.76 bits per heavy atom. The van der Waals surface area contributed by atoms with E-state index in [4.69, 9.17) is 9.72 Å². The molecular weight excluding hydrogens is 416 g/mol. The molecule has 1 aromatic heterocycles. The van der Waals surface area contributed by atoms with E-state index in [2.05, 4.69) is 20.9 Å². The van der Waals surface area contributed by atoms with E-state index in [0.29, 0.717) is 18.5 Å². The Labute approximate surface area is 194 Å². The molecule has 7 nitrogen and oxygen atoms in total. The van der Waals surface area contributed by atoms with E-state index in [1.54, 1.807) is 0 Å². The SMILES string of the molecule is Cc1ccc(C(=O)CCC(=O)NCCc2nc3ccccc3n2CCN2CCOCC2)cc1. The highest BCUT2D eigenvalue weighted by molar-refractivity contribution is 5.97. The van der Waals surface area contributed by atoms with Gasteiger partial charge in [-0.25, -0.2) is 4.98 Å². The lowest BCUT2D eigenvalue weighted by Gasteiger charge is -2.27. The van der Waals surface area contributed by atoms with Crippen molar-refractivity contribution in [2.75, 3.05) is 39.4 Å². The van der Waals surface area contributed by atoms with E-state index < -0.39 is 0 Å². The third kappa shape index (κ3) is 6.27. The fourth-order valence-electron chi connectivity index (χ4n) is 4.14. The summed E-state index contributed by atoms with van der Waals surface area (Å²) in [7, 11) is 0. The smallest absolute Gasteiger partial charge is 0.220 e. The van der Waals surface area contributed by atoms with Crippen LogP contribution in [0.1, 0.15) is 34.6 Å². The van der Waals surface area contributed by atoms with Gasteiger partial charge in [-0.15, -0.1) is 0 Å². The number of benzene rings is 2. The second-order valence-corrected chi connectivity index (χ2v) is 8.51. The predicted molar refractivity (Wildman–Crippen MR) is 128 cm³/mol. The highest BCUT2D eigenvalue weighted by Gasteiger charge is 2.15. The van der Waals surface area contributed by atoms with Gasteiger partial charge < -0.3 is 14.6 Å². The van der Waals surface area contributed by atoms with Gasteiger partial charge in [0.25, 0.3) is 0 Å². The lowest BCUT2D eigenvalue weighted by molar-refractivity contribution is -0.121. The van der Waals surface area contributed by atoms with Crippen molar-refractivity contribution >= 4 is 22.7 Å². The summed E-state index contributed by atoms with van der Waals surface area (Å²) >= 11 is 0. The monoisotopic (exact) mass is 448 g/mol. The van der Waals surface area contributed by atoms with Crippen molar-refractivity contribution in [2.24, 2.45) is 0 Å².